The zero-order valence-corrected chi connectivity index (χ0v) is 11.9. The summed E-state index contributed by atoms with van der Waals surface area (Å²) in [5.41, 5.74) is 2.73. The molecule has 2 unspecified atom stereocenters. The maximum Gasteiger partial charge on any atom is 0.0471 e. The third-order valence-electron chi connectivity index (χ3n) is 3.76. The quantitative estimate of drug-likeness (QED) is 0.741. The van der Waals surface area contributed by atoms with Crippen molar-refractivity contribution in [2.45, 2.75) is 46.1 Å². The molecule has 0 fully saturated rings. The van der Waals surface area contributed by atoms with Crippen molar-refractivity contribution in [1.82, 2.24) is 5.32 Å². The van der Waals surface area contributed by atoms with Gasteiger partial charge in [0.1, 0.15) is 0 Å². The molecule has 1 rings (SSSR count). The number of rotatable bonds is 8. The van der Waals surface area contributed by atoms with Crippen molar-refractivity contribution in [3.05, 3.63) is 35.4 Å². The van der Waals surface area contributed by atoms with Crippen molar-refractivity contribution in [2.24, 2.45) is 5.92 Å². The first-order valence-electron chi connectivity index (χ1n) is 7.11. The van der Waals surface area contributed by atoms with E-state index in [-0.39, 0.29) is 6.61 Å². The van der Waals surface area contributed by atoms with E-state index in [0.29, 0.717) is 11.8 Å². The predicted molar refractivity (Wildman–Crippen MR) is 77.7 cm³/mol. The lowest BCUT2D eigenvalue weighted by Gasteiger charge is -2.13. The maximum absolute atomic E-state index is 9.11. The summed E-state index contributed by atoms with van der Waals surface area (Å²) in [6, 6.07) is 8.87. The van der Waals surface area contributed by atoms with Gasteiger partial charge in [-0.05, 0) is 35.8 Å². The molecule has 0 saturated carbocycles. The Bertz CT molecular complexity index is 316. The Hall–Kier alpha value is -0.860. The van der Waals surface area contributed by atoms with Gasteiger partial charge in [-0.25, -0.2) is 0 Å². The van der Waals surface area contributed by atoms with Gasteiger partial charge in [0, 0.05) is 19.7 Å². The largest absolute Gasteiger partial charge is 0.396 e. The molecular formula is C16H27NO. The molecule has 1 aromatic rings. The minimum Gasteiger partial charge on any atom is -0.396 e. The van der Waals surface area contributed by atoms with Gasteiger partial charge in [0.15, 0.2) is 0 Å². The first kappa shape index (κ1) is 15.2. The Labute approximate surface area is 111 Å². The molecule has 2 nitrogen and oxygen atoms in total. The van der Waals surface area contributed by atoms with Crippen LogP contribution in [0.2, 0.25) is 0 Å². The van der Waals surface area contributed by atoms with Crippen molar-refractivity contribution in [1.29, 1.82) is 0 Å². The van der Waals surface area contributed by atoms with E-state index in [1.54, 1.807) is 0 Å². The highest BCUT2D eigenvalue weighted by Crippen LogP contribution is 2.18. The second-order valence-corrected chi connectivity index (χ2v) is 5.14. The van der Waals surface area contributed by atoms with Gasteiger partial charge in [0.25, 0.3) is 0 Å². The molecule has 0 aliphatic rings. The van der Waals surface area contributed by atoms with Crippen molar-refractivity contribution in [2.75, 3.05) is 13.2 Å². The van der Waals surface area contributed by atoms with Crippen LogP contribution in [0.5, 0.6) is 0 Å². The van der Waals surface area contributed by atoms with Crippen LogP contribution >= 0.6 is 0 Å². The van der Waals surface area contributed by atoms with Crippen LogP contribution in [0.25, 0.3) is 0 Å². The van der Waals surface area contributed by atoms with E-state index in [2.05, 4.69) is 50.4 Å². The van der Waals surface area contributed by atoms with Crippen LogP contribution in [-0.2, 0) is 6.54 Å². The number of aliphatic hydroxyl groups excluding tert-OH is 1. The molecular weight excluding hydrogens is 222 g/mol. The van der Waals surface area contributed by atoms with Gasteiger partial charge in [-0.15, -0.1) is 0 Å². The maximum atomic E-state index is 9.11. The van der Waals surface area contributed by atoms with Crippen LogP contribution in [0.15, 0.2) is 24.3 Å². The fourth-order valence-corrected chi connectivity index (χ4v) is 1.96. The van der Waals surface area contributed by atoms with E-state index in [1.165, 1.54) is 17.5 Å². The predicted octanol–water partition coefficient (Wildman–Crippen LogP) is 3.31. The lowest BCUT2D eigenvalue weighted by Crippen LogP contribution is -2.24. The molecule has 2 atom stereocenters. The fourth-order valence-electron chi connectivity index (χ4n) is 1.96. The summed E-state index contributed by atoms with van der Waals surface area (Å²) in [5, 5.41) is 12.5. The van der Waals surface area contributed by atoms with E-state index in [4.69, 9.17) is 5.11 Å². The van der Waals surface area contributed by atoms with Crippen LogP contribution in [-0.4, -0.2) is 18.3 Å². The Morgan fingerprint density at radius 2 is 1.78 bits per heavy atom. The van der Waals surface area contributed by atoms with E-state index < -0.39 is 0 Å². The number of hydrogen-bond donors (Lipinski definition) is 2. The molecule has 0 saturated heterocycles. The molecule has 0 spiro atoms. The van der Waals surface area contributed by atoms with Crippen molar-refractivity contribution in [3.8, 4) is 0 Å². The van der Waals surface area contributed by atoms with Gasteiger partial charge in [0.2, 0.25) is 0 Å². The smallest absolute Gasteiger partial charge is 0.0471 e. The topological polar surface area (TPSA) is 32.3 Å². The molecule has 2 heteroatoms. The zero-order chi connectivity index (χ0) is 13.4. The lowest BCUT2D eigenvalue weighted by molar-refractivity contribution is 0.218. The van der Waals surface area contributed by atoms with E-state index in [9.17, 15) is 0 Å². The molecule has 0 heterocycles. The van der Waals surface area contributed by atoms with Gasteiger partial charge >= 0.3 is 0 Å². The van der Waals surface area contributed by atoms with Crippen molar-refractivity contribution < 1.29 is 5.11 Å². The van der Waals surface area contributed by atoms with Gasteiger partial charge in [-0.1, -0.05) is 45.0 Å². The average Bonchev–Trinajstić information content (AvgIpc) is 2.43. The Kier molecular flexibility index (Phi) is 6.99. The van der Waals surface area contributed by atoms with Crippen molar-refractivity contribution >= 4 is 0 Å². The normalized spacial score (nSPS) is 14.4. The van der Waals surface area contributed by atoms with Crippen LogP contribution in [0.3, 0.4) is 0 Å². The van der Waals surface area contributed by atoms with Gasteiger partial charge in [0.05, 0.1) is 0 Å². The Morgan fingerprint density at radius 3 is 2.28 bits per heavy atom. The standard InChI is InChI=1S/C16H27NO/c1-4-13(3)16-8-6-15(7-9-16)11-17-10-14(5-2)12-18/h6-9,13-14,17-18H,4-5,10-12H2,1-3H3. The molecule has 0 aliphatic carbocycles. The second-order valence-electron chi connectivity index (χ2n) is 5.14. The molecule has 0 aromatic heterocycles. The summed E-state index contributed by atoms with van der Waals surface area (Å²) < 4.78 is 0. The average molecular weight is 249 g/mol. The molecule has 2 N–H and O–H groups in total. The van der Waals surface area contributed by atoms with Crippen LogP contribution in [0.1, 0.15) is 50.7 Å². The van der Waals surface area contributed by atoms with Gasteiger partial charge in [-0.3, -0.25) is 0 Å². The number of aliphatic hydroxyl groups is 1. The summed E-state index contributed by atoms with van der Waals surface area (Å²) in [5.74, 6) is 1.02. The minimum atomic E-state index is 0.274. The molecule has 18 heavy (non-hydrogen) atoms. The van der Waals surface area contributed by atoms with Gasteiger partial charge in [-0.2, -0.15) is 0 Å². The monoisotopic (exact) mass is 249 g/mol. The van der Waals surface area contributed by atoms with E-state index in [0.717, 1.165) is 19.5 Å². The Morgan fingerprint density at radius 1 is 1.11 bits per heavy atom. The fraction of sp³-hybridized carbons (Fsp3) is 0.625. The van der Waals surface area contributed by atoms with Crippen molar-refractivity contribution in [3.63, 3.8) is 0 Å². The lowest BCUT2D eigenvalue weighted by atomic mass is 9.97. The first-order chi connectivity index (χ1) is 8.71. The molecule has 0 bridgehead atoms. The Balaban J connectivity index is 2.39. The molecule has 0 amide bonds. The number of nitrogens with one attached hydrogen (secondary N) is 1. The minimum absolute atomic E-state index is 0.274. The molecule has 0 radical (unpaired) electrons. The number of hydrogen-bond acceptors (Lipinski definition) is 2. The SMILES string of the molecule is CCC(CO)CNCc1ccc(C(C)CC)cc1. The number of benzene rings is 1. The molecule has 102 valence electrons. The summed E-state index contributed by atoms with van der Waals surface area (Å²) in [4.78, 5) is 0. The van der Waals surface area contributed by atoms with E-state index in [1.807, 2.05) is 0 Å². The summed E-state index contributed by atoms with van der Waals surface area (Å²) in [7, 11) is 0. The molecule has 1 aromatic carbocycles. The van der Waals surface area contributed by atoms with Crippen LogP contribution in [0, 0.1) is 5.92 Å². The third kappa shape index (κ3) is 4.79. The highest BCUT2D eigenvalue weighted by molar-refractivity contribution is 5.24. The van der Waals surface area contributed by atoms with E-state index >= 15 is 0 Å². The summed E-state index contributed by atoms with van der Waals surface area (Å²) in [6.07, 6.45) is 2.21. The highest BCUT2D eigenvalue weighted by Gasteiger charge is 2.04. The van der Waals surface area contributed by atoms with Crippen LogP contribution in [0.4, 0.5) is 0 Å². The summed E-state index contributed by atoms with van der Waals surface area (Å²) >= 11 is 0. The highest BCUT2D eigenvalue weighted by atomic mass is 16.3. The van der Waals surface area contributed by atoms with Gasteiger partial charge < -0.3 is 10.4 Å². The zero-order valence-electron chi connectivity index (χ0n) is 11.9. The summed E-state index contributed by atoms with van der Waals surface area (Å²) in [6.45, 7) is 8.65. The second kappa shape index (κ2) is 8.28. The third-order valence-corrected chi connectivity index (χ3v) is 3.76. The first-order valence-corrected chi connectivity index (χ1v) is 7.11. The van der Waals surface area contributed by atoms with Crippen LogP contribution < -0.4 is 5.32 Å². The molecule has 0 aliphatic heterocycles.